The molecule has 0 unspecified atom stereocenters. The van der Waals surface area contributed by atoms with Gasteiger partial charge in [-0.25, -0.2) is 0 Å². The van der Waals surface area contributed by atoms with Crippen molar-refractivity contribution in [3.63, 3.8) is 0 Å². The average molecular weight is 374 g/mol. The summed E-state index contributed by atoms with van der Waals surface area (Å²) in [6.45, 7) is 8.32. The highest BCUT2D eigenvalue weighted by Gasteiger charge is 2.25. The second-order valence-electron chi connectivity index (χ2n) is 7.78. The van der Waals surface area contributed by atoms with Gasteiger partial charge in [-0.15, -0.1) is 0 Å². The molecule has 1 aliphatic carbocycles. The summed E-state index contributed by atoms with van der Waals surface area (Å²) in [4.78, 5) is 17.7. The van der Waals surface area contributed by atoms with Crippen LogP contribution in [-0.2, 0) is 6.42 Å². The number of aromatic nitrogens is 1. The molecule has 1 N–H and O–H groups in total. The number of nitrogens with zero attached hydrogens (tertiary/aromatic N) is 1. The zero-order valence-electron chi connectivity index (χ0n) is 17.2. The maximum atomic E-state index is 12.8. The maximum Gasteiger partial charge on any atom is 0.166 e. The molecule has 1 heterocycles. The zero-order valence-corrected chi connectivity index (χ0v) is 17.2. The molecular weight excluding hydrogens is 348 g/mol. The van der Waals surface area contributed by atoms with Gasteiger partial charge in [-0.2, -0.15) is 0 Å². The number of nitrogens with one attached hydrogen (secondary N) is 1. The minimum absolute atomic E-state index is 0.173. The van der Waals surface area contributed by atoms with Crippen LogP contribution >= 0.6 is 0 Å². The van der Waals surface area contributed by atoms with Crippen LogP contribution in [0.4, 0.5) is 11.4 Å². The van der Waals surface area contributed by atoms with Crippen molar-refractivity contribution in [1.29, 1.82) is 0 Å². The minimum atomic E-state index is 0.173. The molecule has 0 spiro atoms. The van der Waals surface area contributed by atoms with Crippen LogP contribution in [0.1, 0.15) is 51.1 Å². The van der Waals surface area contributed by atoms with Crippen LogP contribution in [0.25, 0.3) is 10.9 Å². The number of carbonyl (C=O) groups excluding carboxylic acids is 1. The maximum absolute atomic E-state index is 12.8. The Morgan fingerprint density at radius 3 is 2.46 bits per heavy atom. The van der Waals surface area contributed by atoms with Crippen molar-refractivity contribution < 1.29 is 9.53 Å². The third-order valence-corrected chi connectivity index (χ3v) is 5.88. The number of Topliss-reactive ketones (excluding diaryl/α,β-unsaturated/α-hetero) is 1. The Kier molecular flexibility index (Phi) is 4.58. The molecule has 4 nitrogen and oxygen atoms in total. The van der Waals surface area contributed by atoms with Crippen LogP contribution in [0.3, 0.4) is 0 Å². The van der Waals surface area contributed by atoms with E-state index in [9.17, 15) is 4.79 Å². The highest BCUT2D eigenvalue weighted by atomic mass is 16.5. The first-order valence-electron chi connectivity index (χ1n) is 9.78. The summed E-state index contributed by atoms with van der Waals surface area (Å²) in [7, 11) is 1.69. The Bertz CT molecular complexity index is 1120. The van der Waals surface area contributed by atoms with Gasteiger partial charge < -0.3 is 10.1 Å². The molecule has 0 amide bonds. The minimum Gasteiger partial charge on any atom is -0.496 e. The number of benzene rings is 2. The van der Waals surface area contributed by atoms with Crippen molar-refractivity contribution in [2.45, 2.75) is 47.0 Å². The smallest absolute Gasteiger partial charge is 0.166 e. The molecule has 1 aliphatic rings. The predicted molar refractivity (Wildman–Crippen MR) is 114 cm³/mol. The lowest BCUT2D eigenvalue weighted by atomic mass is 9.90. The van der Waals surface area contributed by atoms with Gasteiger partial charge in [-0.05, 0) is 81.0 Å². The Hall–Kier alpha value is -2.88. The Morgan fingerprint density at radius 1 is 0.964 bits per heavy atom. The number of methoxy groups -OCH3 is 1. The normalized spacial score (nSPS) is 13.5. The topological polar surface area (TPSA) is 51.2 Å². The third-order valence-electron chi connectivity index (χ3n) is 5.88. The fourth-order valence-corrected chi connectivity index (χ4v) is 3.98. The molecule has 2 aromatic carbocycles. The number of anilines is 2. The fourth-order valence-electron chi connectivity index (χ4n) is 3.98. The molecule has 1 aromatic heterocycles. The number of ether oxygens (including phenoxy) is 1. The number of rotatable bonds is 3. The van der Waals surface area contributed by atoms with E-state index in [2.05, 4.69) is 51.2 Å². The summed E-state index contributed by atoms with van der Waals surface area (Å²) in [6.07, 6.45) is 2.29. The van der Waals surface area contributed by atoms with Crippen molar-refractivity contribution in [2.24, 2.45) is 0 Å². The van der Waals surface area contributed by atoms with Crippen LogP contribution in [0.15, 0.2) is 24.3 Å². The van der Waals surface area contributed by atoms with E-state index < -0.39 is 0 Å². The zero-order chi connectivity index (χ0) is 20.0. The molecule has 0 saturated heterocycles. The van der Waals surface area contributed by atoms with Crippen LogP contribution in [0.2, 0.25) is 0 Å². The lowest BCUT2D eigenvalue weighted by Gasteiger charge is -2.22. The van der Waals surface area contributed by atoms with Crippen LogP contribution in [0, 0.1) is 27.7 Å². The SMILES string of the molecule is COc1cc(Nc2c3c(nc4cc(C)c(C)cc24)CCCC3=O)cc(C)c1C. The van der Waals surface area contributed by atoms with Crippen LogP contribution in [-0.4, -0.2) is 17.9 Å². The number of fused-ring (bicyclic) bond motifs is 2. The molecular formula is C24H26N2O2. The van der Waals surface area contributed by atoms with Crippen molar-refractivity contribution in [3.8, 4) is 5.75 Å². The van der Waals surface area contributed by atoms with Gasteiger partial charge in [-0.3, -0.25) is 9.78 Å². The van der Waals surface area contributed by atoms with Gasteiger partial charge in [0.05, 0.1) is 29.6 Å². The predicted octanol–water partition coefficient (Wildman–Crippen LogP) is 5.74. The van der Waals surface area contributed by atoms with E-state index in [-0.39, 0.29) is 5.78 Å². The van der Waals surface area contributed by atoms with Gasteiger partial charge >= 0.3 is 0 Å². The van der Waals surface area contributed by atoms with Gasteiger partial charge in [-0.1, -0.05) is 0 Å². The third kappa shape index (κ3) is 3.03. The van der Waals surface area contributed by atoms with E-state index in [0.717, 1.165) is 63.3 Å². The first kappa shape index (κ1) is 18.5. The van der Waals surface area contributed by atoms with E-state index >= 15 is 0 Å². The Labute approximate surface area is 165 Å². The van der Waals surface area contributed by atoms with E-state index in [1.807, 2.05) is 6.07 Å². The molecule has 3 aromatic rings. The molecule has 4 rings (SSSR count). The lowest BCUT2D eigenvalue weighted by Crippen LogP contribution is -2.16. The molecule has 0 bridgehead atoms. The largest absolute Gasteiger partial charge is 0.496 e. The van der Waals surface area contributed by atoms with Crippen molar-refractivity contribution in [1.82, 2.24) is 4.98 Å². The molecule has 28 heavy (non-hydrogen) atoms. The van der Waals surface area contributed by atoms with Gasteiger partial charge in [0.15, 0.2) is 5.78 Å². The van der Waals surface area contributed by atoms with Gasteiger partial charge in [0.2, 0.25) is 0 Å². The van der Waals surface area contributed by atoms with Gasteiger partial charge in [0.25, 0.3) is 0 Å². The summed E-state index contributed by atoms with van der Waals surface area (Å²) in [6, 6.07) is 8.36. The number of ketones is 1. The fraction of sp³-hybridized carbons (Fsp3) is 0.333. The standard InChI is InChI=1S/C24H26N2O2/c1-13-10-18-20(11-14(13)2)26-19-7-6-8-21(27)23(19)24(18)25-17-9-15(3)16(4)22(12-17)28-5/h9-12H,6-8H2,1-5H3,(H,25,26). The van der Waals surface area contributed by atoms with Gasteiger partial charge in [0, 0.05) is 23.6 Å². The second-order valence-corrected chi connectivity index (χ2v) is 7.78. The lowest BCUT2D eigenvalue weighted by molar-refractivity contribution is 0.0972. The van der Waals surface area contributed by atoms with Crippen molar-refractivity contribution in [3.05, 3.63) is 57.8 Å². The first-order valence-corrected chi connectivity index (χ1v) is 9.78. The van der Waals surface area contributed by atoms with Crippen LogP contribution < -0.4 is 10.1 Å². The first-order chi connectivity index (χ1) is 13.4. The highest BCUT2D eigenvalue weighted by Crippen LogP contribution is 2.37. The van der Waals surface area contributed by atoms with Crippen LogP contribution in [0.5, 0.6) is 5.75 Å². The van der Waals surface area contributed by atoms with E-state index in [1.165, 1.54) is 11.1 Å². The summed E-state index contributed by atoms with van der Waals surface area (Å²) < 4.78 is 5.54. The molecule has 0 fully saturated rings. The molecule has 0 radical (unpaired) electrons. The molecule has 4 heteroatoms. The molecule has 0 aliphatic heterocycles. The monoisotopic (exact) mass is 374 g/mol. The quantitative estimate of drug-likeness (QED) is 0.635. The molecule has 144 valence electrons. The summed E-state index contributed by atoms with van der Waals surface area (Å²) in [5, 5.41) is 4.55. The van der Waals surface area contributed by atoms with Crippen molar-refractivity contribution >= 4 is 28.1 Å². The van der Waals surface area contributed by atoms with Crippen molar-refractivity contribution in [2.75, 3.05) is 12.4 Å². The summed E-state index contributed by atoms with van der Waals surface area (Å²) >= 11 is 0. The average Bonchev–Trinajstić information content (AvgIpc) is 2.66. The van der Waals surface area contributed by atoms with E-state index in [1.54, 1.807) is 7.11 Å². The number of aryl methyl sites for hydroxylation is 4. The second kappa shape index (κ2) is 6.93. The number of pyridine rings is 1. The summed E-state index contributed by atoms with van der Waals surface area (Å²) in [5.74, 6) is 1.01. The number of carbonyl (C=O) groups is 1. The molecule has 0 atom stereocenters. The Balaban J connectivity index is 1.97. The highest BCUT2D eigenvalue weighted by molar-refractivity contribution is 6.10. The van der Waals surface area contributed by atoms with E-state index in [4.69, 9.17) is 9.72 Å². The van der Waals surface area contributed by atoms with Gasteiger partial charge in [0.1, 0.15) is 5.75 Å². The van der Waals surface area contributed by atoms with E-state index in [0.29, 0.717) is 6.42 Å². The number of hydrogen-bond donors (Lipinski definition) is 1. The number of hydrogen-bond acceptors (Lipinski definition) is 4. The Morgan fingerprint density at radius 2 is 1.71 bits per heavy atom. The summed E-state index contributed by atoms with van der Waals surface area (Å²) in [5.41, 5.74) is 9.06. The molecule has 0 saturated carbocycles.